The van der Waals surface area contributed by atoms with E-state index in [0.29, 0.717) is 11.1 Å². The molecule has 5 heteroatoms. The van der Waals surface area contributed by atoms with Crippen molar-refractivity contribution in [3.8, 4) is 21.8 Å². The first-order chi connectivity index (χ1) is 14.2. The molecule has 1 aromatic heterocycles. The molecule has 140 valence electrons. The SMILES string of the molecule is O=C1c2ccccc2C(=O)N1Cc1ccc(-c2nc(-c3ccccc3)cs2)cc1. The number of fused-ring (bicyclic) bond motifs is 1. The molecule has 0 saturated heterocycles. The lowest BCUT2D eigenvalue weighted by Crippen LogP contribution is -2.29. The predicted molar refractivity (Wildman–Crippen MR) is 114 cm³/mol. The van der Waals surface area contributed by atoms with E-state index in [4.69, 9.17) is 4.98 Å². The monoisotopic (exact) mass is 396 g/mol. The molecule has 1 aliphatic rings. The highest BCUT2D eigenvalue weighted by Crippen LogP contribution is 2.30. The van der Waals surface area contributed by atoms with Crippen molar-refractivity contribution in [2.75, 3.05) is 0 Å². The highest BCUT2D eigenvalue weighted by Gasteiger charge is 2.34. The fourth-order valence-corrected chi connectivity index (χ4v) is 4.30. The molecule has 0 saturated carbocycles. The summed E-state index contributed by atoms with van der Waals surface area (Å²) in [5.41, 5.74) is 4.93. The number of thiazole rings is 1. The molecule has 2 amide bonds. The standard InChI is InChI=1S/C24H16N2O2S/c27-23-19-8-4-5-9-20(19)24(28)26(23)14-16-10-12-18(13-11-16)22-25-21(15-29-22)17-6-2-1-3-7-17/h1-13,15H,14H2. The van der Waals surface area contributed by atoms with Crippen LogP contribution in [0, 0.1) is 0 Å². The number of nitrogens with zero attached hydrogens (tertiary/aromatic N) is 2. The van der Waals surface area contributed by atoms with Crippen LogP contribution in [0.15, 0.2) is 84.2 Å². The third kappa shape index (κ3) is 3.15. The molecule has 5 rings (SSSR count). The number of rotatable bonds is 4. The Morgan fingerprint density at radius 2 is 1.34 bits per heavy atom. The zero-order valence-electron chi connectivity index (χ0n) is 15.4. The number of benzene rings is 3. The lowest BCUT2D eigenvalue weighted by molar-refractivity contribution is 0.0642. The van der Waals surface area contributed by atoms with Gasteiger partial charge in [-0.1, -0.05) is 66.7 Å². The third-order valence-electron chi connectivity index (χ3n) is 4.99. The van der Waals surface area contributed by atoms with Gasteiger partial charge < -0.3 is 0 Å². The van der Waals surface area contributed by atoms with Crippen molar-refractivity contribution in [2.45, 2.75) is 6.54 Å². The molecule has 0 aliphatic carbocycles. The molecule has 4 aromatic rings. The minimum Gasteiger partial charge on any atom is -0.270 e. The molecule has 29 heavy (non-hydrogen) atoms. The summed E-state index contributed by atoms with van der Waals surface area (Å²) in [5.74, 6) is -0.468. The van der Waals surface area contributed by atoms with Crippen LogP contribution in [-0.2, 0) is 6.54 Å². The van der Waals surface area contributed by atoms with Gasteiger partial charge >= 0.3 is 0 Å². The fourth-order valence-electron chi connectivity index (χ4n) is 3.47. The first-order valence-electron chi connectivity index (χ1n) is 9.26. The highest BCUT2D eigenvalue weighted by atomic mass is 32.1. The second-order valence-electron chi connectivity index (χ2n) is 6.84. The molecule has 2 heterocycles. The van der Waals surface area contributed by atoms with Crippen LogP contribution in [0.1, 0.15) is 26.3 Å². The molecule has 3 aromatic carbocycles. The first-order valence-corrected chi connectivity index (χ1v) is 10.1. The van der Waals surface area contributed by atoms with E-state index in [9.17, 15) is 9.59 Å². The lowest BCUT2D eigenvalue weighted by Gasteiger charge is -2.14. The average Bonchev–Trinajstić information content (AvgIpc) is 3.36. The van der Waals surface area contributed by atoms with Crippen LogP contribution in [0.5, 0.6) is 0 Å². The van der Waals surface area contributed by atoms with Gasteiger partial charge in [-0.3, -0.25) is 14.5 Å². The maximum absolute atomic E-state index is 12.5. The van der Waals surface area contributed by atoms with Crippen LogP contribution in [0.2, 0.25) is 0 Å². The molecule has 0 spiro atoms. The van der Waals surface area contributed by atoms with Gasteiger partial charge in [-0.05, 0) is 17.7 Å². The number of carbonyl (C=O) groups excluding carboxylic acids is 2. The molecule has 1 aliphatic heterocycles. The number of carbonyl (C=O) groups is 2. The fraction of sp³-hybridized carbons (Fsp3) is 0.0417. The number of amides is 2. The van der Waals surface area contributed by atoms with E-state index in [-0.39, 0.29) is 18.4 Å². The molecule has 0 N–H and O–H groups in total. The Morgan fingerprint density at radius 1 is 0.724 bits per heavy atom. The van der Waals surface area contributed by atoms with Crippen LogP contribution in [0.25, 0.3) is 21.8 Å². The van der Waals surface area contributed by atoms with Crippen LogP contribution in [-0.4, -0.2) is 21.7 Å². The minimum absolute atomic E-state index is 0.234. The van der Waals surface area contributed by atoms with E-state index >= 15 is 0 Å². The molecule has 0 atom stereocenters. The van der Waals surface area contributed by atoms with Crippen molar-refractivity contribution in [3.63, 3.8) is 0 Å². The van der Waals surface area contributed by atoms with Crippen LogP contribution in [0.3, 0.4) is 0 Å². The number of imide groups is 1. The Hall–Kier alpha value is -3.57. The van der Waals surface area contributed by atoms with Crippen molar-refractivity contribution in [1.29, 1.82) is 0 Å². The van der Waals surface area contributed by atoms with E-state index in [1.165, 1.54) is 4.90 Å². The summed E-state index contributed by atoms with van der Waals surface area (Å²) < 4.78 is 0. The maximum Gasteiger partial charge on any atom is 0.261 e. The summed E-state index contributed by atoms with van der Waals surface area (Å²) >= 11 is 1.60. The Bertz CT molecular complexity index is 1180. The average molecular weight is 396 g/mol. The summed E-state index contributed by atoms with van der Waals surface area (Å²) in [6, 6.07) is 24.9. The predicted octanol–water partition coefficient (Wildman–Crippen LogP) is 5.27. The van der Waals surface area contributed by atoms with Crippen LogP contribution < -0.4 is 0 Å². The Kier molecular flexibility index (Phi) is 4.30. The molecule has 0 fully saturated rings. The summed E-state index contributed by atoms with van der Waals surface area (Å²) in [6.45, 7) is 0.264. The normalized spacial score (nSPS) is 13.0. The molecular formula is C24H16N2O2S. The summed E-state index contributed by atoms with van der Waals surface area (Å²) in [5, 5.41) is 2.99. The second-order valence-corrected chi connectivity index (χ2v) is 7.70. The van der Waals surface area contributed by atoms with Crippen LogP contribution >= 0.6 is 11.3 Å². The molecule has 0 bridgehead atoms. The van der Waals surface area contributed by atoms with Crippen molar-refractivity contribution >= 4 is 23.2 Å². The molecule has 4 nitrogen and oxygen atoms in total. The Morgan fingerprint density at radius 3 is 2.00 bits per heavy atom. The number of hydrogen-bond acceptors (Lipinski definition) is 4. The summed E-state index contributed by atoms with van der Waals surface area (Å²) in [6.07, 6.45) is 0. The second kappa shape index (κ2) is 7.11. The van der Waals surface area contributed by atoms with Gasteiger partial charge in [-0.15, -0.1) is 11.3 Å². The van der Waals surface area contributed by atoms with E-state index in [1.54, 1.807) is 35.6 Å². The van der Waals surface area contributed by atoms with Crippen molar-refractivity contribution in [1.82, 2.24) is 9.88 Å². The van der Waals surface area contributed by atoms with Crippen molar-refractivity contribution < 1.29 is 9.59 Å². The van der Waals surface area contributed by atoms with Gasteiger partial charge in [-0.2, -0.15) is 0 Å². The zero-order valence-corrected chi connectivity index (χ0v) is 16.2. The Balaban J connectivity index is 1.35. The molecule has 0 radical (unpaired) electrons. The van der Waals surface area contributed by atoms with Gasteiger partial charge in [0.15, 0.2) is 0 Å². The first kappa shape index (κ1) is 17.5. The zero-order chi connectivity index (χ0) is 19.8. The van der Waals surface area contributed by atoms with Crippen molar-refractivity contribution in [3.05, 3.63) is 101 Å². The van der Waals surface area contributed by atoms with Crippen molar-refractivity contribution in [2.24, 2.45) is 0 Å². The topological polar surface area (TPSA) is 50.3 Å². The summed E-state index contributed by atoms with van der Waals surface area (Å²) in [4.78, 5) is 31.1. The van der Waals surface area contributed by atoms with E-state index in [2.05, 4.69) is 5.38 Å². The number of hydrogen-bond donors (Lipinski definition) is 0. The highest BCUT2D eigenvalue weighted by molar-refractivity contribution is 7.13. The molecule has 0 unspecified atom stereocenters. The van der Waals surface area contributed by atoms with Gasteiger partial charge in [0.1, 0.15) is 5.01 Å². The third-order valence-corrected chi connectivity index (χ3v) is 5.88. The van der Waals surface area contributed by atoms with E-state index in [1.807, 2.05) is 54.6 Å². The number of aromatic nitrogens is 1. The smallest absolute Gasteiger partial charge is 0.261 e. The Labute approximate surface area is 172 Å². The van der Waals surface area contributed by atoms with E-state index in [0.717, 1.165) is 27.4 Å². The minimum atomic E-state index is -0.234. The van der Waals surface area contributed by atoms with Gasteiger partial charge in [0.2, 0.25) is 0 Å². The van der Waals surface area contributed by atoms with E-state index < -0.39 is 0 Å². The largest absolute Gasteiger partial charge is 0.270 e. The van der Waals surface area contributed by atoms with Crippen LogP contribution in [0.4, 0.5) is 0 Å². The quantitative estimate of drug-likeness (QED) is 0.441. The van der Waals surface area contributed by atoms with Gasteiger partial charge in [0.05, 0.1) is 23.4 Å². The van der Waals surface area contributed by atoms with Gasteiger partial charge in [0.25, 0.3) is 11.8 Å². The summed E-state index contributed by atoms with van der Waals surface area (Å²) in [7, 11) is 0. The lowest BCUT2D eigenvalue weighted by atomic mass is 10.1. The molecular weight excluding hydrogens is 380 g/mol. The van der Waals surface area contributed by atoms with Gasteiger partial charge in [-0.25, -0.2) is 4.98 Å². The van der Waals surface area contributed by atoms with Gasteiger partial charge in [0, 0.05) is 16.5 Å². The maximum atomic E-state index is 12.5.